The number of aryl methyl sites for hydroxylation is 2. The lowest BCUT2D eigenvalue weighted by Crippen LogP contribution is -2.21. The third-order valence-electron chi connectivity index (χ3n) is 3.28. The topological polar surface area (TPSA) is 73.0 Å². The maximum atomic E-state index is 11.1. The van der Waals surface area contributed by atoms with Gasteiger partial charge in [0, 0.05) is 48.6 Å². The fraction of sp³-hybridized carbons (Fsp3) is 0.400. The summed E-state index contributed by atoms with van der Waals surface area (Å²) in [5, 5.41) is 18.9. The summed E-state index contributed by atoms with van der Waals surface area (Å²) >= 11 is 0. The van der Waals surface area contributed by atoms with Crippen LogP contribution in [0.25, 0.3) is 11.3 Å². The Kier molecular flexibility index (Phi) is 4.37. The van der Waals surface area contributed by atoms with Crippen molar-refractivity contribution in [1.29, 1.82) is 0 Å². The number of hydrogen-bond acceptors (Lipinski definition) is 4. The number of nitro groups is 1. The number of rotatable bonds is 5. The molecule has 6 heteroatoms. The van der Waals surface area contributed by atoms with E-state index in [2.05, 4.69) is 24.3 Å². The van der Waals surface area contributed by atoms with E-state index in [1.165, 1.54) is 0 Å². The molecule has 1 N–H and O–H groups in total. The van der Waals surface area contributed by atoms with Gasteiger partial charge >= 0.3 is 0 Å². The van der Waals surface area contributed by atoms with Crippen molar-refractivity contribution in [3.8, 4) is 11.3 Å². The molecule has 0 fully saturated rings. The third-order valence-corrected chi connectivity index (χ3v) is 3.28. The predicted octanol–water partition coefficient (Wildman–Crippen LogP) is 2.80. The monoisotopic (exact) mass is 288 g/mol. The SMILES string of the molecule is Cc1ccc(-c2nn(C)cc2CNC(C)C)cc1[N+](=O)[O-]. The van der Waals surface area contributed by atoms with E-state index in [9.17, 15) is 10.1 Å². The van der Waals surface area contributed by atoms with E-state index in [1.54, 1.807) is 23.7 Å². The number of benzene rings is 1. The highest BCUT2D eigenvalue weighted by molar-refractivity contribution is 5.66. The molecule has 21 heavy (non-hydrogen) atoms. The lowest BCUT2D eigenvalue weighted by Gasteiger charge is -2.08. The fourth-order valence-electron chi connectivity index (χ4n) is 2.18. The maximum absolute atomic E-state index is 11.1. The van der Waals surface area contributed by atoms with E-state index >= 15 is 0 Å². The third kappa shape index (κ3) is 3.46. The molecule has 0 saturated carbocycles. The molecule has 1 heterocycles. The van der Waals surface area contributed by atoms with Gasteiger partial charge in [-0.25, -0.2) is 0 Å². The smallest absolute Gasteiger partial charge is 0.272 e. The lowest BCUT2D eigenvalue weighted by atomic mass is 10.0. The highest BCUT2D eigenvalue weighted by Gasteiger charge is 2.16. The Hall–Kier alpha value is -2.21. The molecule has 6 nitrogen and oxygen atoms in total. The van der Waals surface area contributed by atoms with Gasteiger partial charge in [-0.1, -0.05) is 26.0 Å². The van der Waals surface area contributed by atoms with E-state index in [4.69, 9.17) is 0 Å². The van der Waals surface area contributed by atoms with Crippen LogP contribution < -0.4 is 5.32 Å². The highest BCUT2D eigenvalue weighted by Crippen LogP contribution is 2.28. The summed E-state index contributed by atoms with van der Waals surface area (Å²) in [6, 6.07) is 5.60. The zero-order valence-electron chi connectivity index (χ0n) is 12.8. The molecule has 1 aromatic carbocycles. The number of nitro benzene ring substituents is 1. The highest BCUT2D eigenvalue weighted by atomic mass is 16.6. The van der Waals surface area contributed by atoms with Crippen molar-refractivity contribution in [1.82, 2.24) is 15.1 Å². The zero-order valence-corrected chi connectivity index (χ0v) is 12.8. The number of nitrogens with one attached hydrogen (secondary N) is 1. The summed E-state index contributed by atoms with van der Waals surface area (Å²) in [6.45, 7) is 6.57. The van der Waals surface area contributed by atoms with E-state index in [-0.39, 0.29) is 10.6 Å². The molecule has 0 aliphatic carbocycles. The molecule has 0 spiro atoms. The van der Waals surface area contributed by atoms with Crippen LogP contribution >= 0.6 is 0 Å². The molecular formula is C15H20N4O2. The maximum Gasteiger partial charge on any atom is 0.272 e. The minimum absolute atomic E-state index is 0.126. The van der Waals surface area contributed by atoms with Crippen molar-refractivity contribution in [3.63, 3.8) is 0 Å². The molecule has 1 aromatic heterocycles. The van der Waals surface area contributed by atoms with Crippen LogP contribution in [0.1, 0.15) is 25.0 Å². The normalized spacial score (nSPS) is 11.1. The molecule has 2 rings (SSSR count). The van der Waals surface area contributed by atoms with Gasteiger partial charge in [-0.05, 0) is 6.92 Å². The Morgan fingerprint density at radius 3 is 2.76 bits per heavy atom. The van der Waals surface area contributed by atoms with Gasteiger partial charge in [0.15, 0.2) is 0 Å². The Morgan fingerprint density at radius 1 is 1.43 bits per heavy atom. The molecule has 0 radical (unpaired) electrons. The van der Waals surface area contributed by atoms with Gasteiger partial charge < -0.3 is 5.32 Å². The first kappa shape index (κ1) is 15.2. The van der Waals surface area contributed by atoms with Crippen LogP contribution in [0.15, 0.2) is 24.4 Å². The van der Waals surface area contributed by atoms with Crippen LogP contribution in [-0.4, -0.2) is 20.7 Å². The Balaban J connectivity index is 2.42. The second kappa shape index (κ2) is 6.05. The minimum atomic E-state index is -0.353. The quantitative estimate of drug-likeness (QED) is 0.678. The van der Waals surface area contributed by atoms with E-state index < -0.39 is 0 Å². The van der Waals surface area contributed by atoms with Crippen molar-refractivity contribution in [2.24, 2.45) is 7.05 Å². The first-order valence-corrected chi connectivity index (χ1v) is 6.89. The van der Waals surface area contributed by atoms with E-state index in [0.29, 0.717) is 18.2 Å². The molecule has 112 valence electrons. The van der Waals surface area contributed by atoms with Crippen LogP contribution in [0, 0.1) is 17.0 Å². The Labute approximate surface area is 123 Å². The second-order valence-electron chi connectivity index (χ2n) is 5.47. The molecular weight excluding hydrogens is 268 g/mol. The summed E-state index contributed by atoms with van der Waals surface area (Å²) < 4.78 is 1.73. The average molecular weight is 288 g/mol. The summed E-state index contributed by atoms with van der Waals surface area (Å²) in [5.41, 5.74) is 3.37. The summed E-state index contributed by atoms with van der Waals surface area (Å²) in [6.07, 6.45) is 1.94. The Bertz CT molecular complexity index is 662. The van der Waals surface area contributed by atoms with E-state index in [1.807, 2.05) is 19.3 Å². The van der Waals surface area contributed by atoms with Crippen LogP contribution in [0.2, 0.25) is 0 Å². The summed E-state index contributed by atoms with van der Waals surface area (Å²) in [7, 11) is 1.85. The molecule has 0 atom stereocenters. The van der Waals surface area contributed by atoms with E-state index in [0.717, 1.165) is 16.8 Å². The average Bonchev–Trinajstić information content (AvgIpc) is 2.78. The molecule has 0 aliphatic rings. The number of nitrogens with zero attached hydrogens (tertiary/aromatic N) is 3. The van der Waals surface area contributed by atoms with Gasteiger partial charge in [-0.15, -0.1) is 0 Å². The van der Waals surface area contributed by atoms with Crippen LogP contribution in [0.4, 0.5) is 5.69 Å². The van der Waals surface area contributed by atoms with Crippen LogP contribution in [0.5, 0.6) is 0 Å². The molecule has 2 aromatic rings. The standard InChI is InChI=1S/C15H20N4O2/c1-10(2)16-8-13-9-18(4)17-15(13)12-6-5-11(3)14(7-12)19(20)21/h5-7,9-10,16H,8H2,1-4H3. The summed E-state index contributed by atoms with van der Waals surface area (Å²) in [5.74, 6) is 0. The second-order valence-corrected chi connectivity index (χ2v) is 5.47. The van der Waals surface area contributed by atoms with Gasteiger partial charge in [-0.2, -0.15) is 5.10 Å². The van der Waals surface area contributed by atoms with Gasteiger partial charge in [0.25, 0.3) is 5.69 Å². The van der Waals surface area contributed by atoms with Crippen molar-refractivity contribution in [2.75, 3.05) is 0 Å². The fourth-order valence-corrected chi connectivity index (χ4v) is 2.18. The Morgan fingerprint density at radius 2 is 2.14 bits per heavy atom. The number of aromatic nitrogens is 2. The van der Waals surface area contributed by atoms with Crippen LogP contribution in [0.3, 0.4) is 0 Å². The van der Waals surface area contributed by atoms with Crippen molar-refractivity contribution >= 4 is 5.69 Å². The molecule has 0 unspecified atom stereocenters. The predicted molar refractivity (Wildman–Crippen MR) is 82.0 cm³/mol. The van der Waals surface area contributed by atoms with Gasteiger partial charge in [-0.3, -0.25) is 14.8 Å². The minimum Gasteiger partial charge on any atom is -0.310 e. The van der Waals surface area contributed by atoms with Gasteiger partial charge in [0.05, 0.1) is 10.6 Å². The van der Waals surface area contributed by atoms with Gasteiger partial charge in [0.2, 0.25) is 0 Å². The van der Waals surface area contributed by atoms with Crippen molar-refractivity contribution < 1.29 is 4.92 Å². The molecule has 0 bridgehead atoms. The van der Waals surface area contributed by atoms with Crippen molar-refractivity contribution in [3.05, 3.63) is 45.6 Å². The van der Waals surface area contributed by atoms with Crippen LogP contribution in [-0.2, 0) is 13.6 Å². The number of hydrogen-bond donors (Lipinski definition) is 1. The zero-order chi connectivity index (χ0) is 15.6. The van der Waals surface area contributed by atoms with Gasteiger partial charge in [0.1, 0.15) is 0 Å². The molecule has 0 amide bonds. The lowest BCUT2D eigenvalue weighted by molar-refractivity contribution is -0.385. The first-order chi connectivity index (χ1) is 9.88. The molecule has 0 saturated heterocycles. The summed E-state index contributed by atoms with van der Waals surface area (Å²) in [4.78, 5) is 10.7. The first-order valence-electron chi connectivity index (χ1n) is 6.89. The largest absolute Gasteiger partial charge is 0.310 e. The molecule has 0 aliphatic heterocycles. The van der Waals surface area contributed by atoms with Crippen molar-refractivity contribution in [2.45, 2.75) is 33.4 Å².